The highest BCUT2D eigenvalue weighted by Crippen LogP contribution is 2.16. The van der Waals surface area contributed by atoms with E-state index in [1.165, 1.54) is 6.07 Å². The van der Waals surface area contributed by atoms with Crippen molar-refractivity contribution >= 4 is 16.9 Å². The quantitative estimate of drug-likeness (QED) is 0.436. The van der Waals surface area contributed by atoms with Gasteiger partial charge in [-0.1, -0.05) is 42.5 Å². The average molecular weight is 431 g/mol. The third kappa shape index (κ3) is 4.56. The molecule has 1 amide bonds. The van der Waals surface area contributed by atoms with E-state index in [-0.39, 0.29) is 29.4 Å². The Morgan fingerprint density at radius 3 is 2.56 bits per heavy atom. The number of fused-ring (bicyclic) bond motifs is 1. The Bertz CT molecular complexity index is 1290. The van der Waals surface area contributed by atoms with Crippen molar-refractivity contribution in [2.45, 2.75) is 19.4 Å². The third-order valence-corrected chi connectivity index (χ3v) is 5.42. The number of hydrogen-bond acceptors (Lipinski definition) is 4. The van der Waals surface area contributed by atoms with Gasteiger partial charge in [-0.3, -0.25) is 9.59 Å². The van der Waals surface area contributed by atoms with Gasteiger partial charge in [0, 0.05) is 39.3 Å². The van der Waals surface area contributed by atoms with Crippen molar-refractivity contribution in [3.05, 3.63) is 94.2 Å². The molecule has 0 atom stereocenters. The molecule has 0 unspecified atom stereocenters. The Hall–Kier alpha value is -3.87. The van der Waals surface area contributed by atoms with Gasteiger partial charge in [0.2, 0.25) is 5.43 Å². The molecule has 1 N–H and O–H groups in total. The second-order valence-corrected chi connectivity index (χ2v) is 7.68. The minimum Gasteiger partial charge on any atom is -0.483 e. The molecule has 0 aliphatic carbocycles. The second-order valence-electron chi connectivity index (χ2n) is 7.68. The molecule has 0 bridgehead atoms. The maximum Gasteiger partial charge on any atom is 0.271 e. The van der Waals surface area contributed by atoms with E-state index in [0.29, 0.717) is 6.54 Å². The summed E-state index contributed by atoms with van der Waals surface area (Å²) in [5.74, 6) is 0.699. The van der Waals surface area contributed by atoms with Crippen LogP contribution in [0.3, 0.4) is 0 Å². The lowest BCUT2D eigenvalue weighted by Crippen LogP contribution is -2.30. The standard InChI is InChI=1S/C25H26N4O3/c1-28-16-14-21(30)24(32-17-18-9-4-3-5-10-18)23(28)25(31)26-15-8-13-22-27-19-11-6-7-12-20(19)29(22)2/h3-7,9-12,14,16H,8,13,15,17H2,1-2H3,(H,26,31). The minimum atomic E-state index is -0.335. The number of para-hydroxylation sites is 2. The summed E-state index contributed by atoms with van der Waals surface area (Å²) in [5.41, 5.74) is 2.88. The van der Waals surface area contributed by atoms with Crippen LogP contribution in [0.4, 0.5) is 0 Å². The van der Waals surface area contributed by atoms with Gasteiger partial charge in [0.05, 0.1) is 11.0 Å². The van der Waals surface area contributed by atoms with Crippen LogP contribution in [0, 0.1) is 0 Å². The van der Waals surface area contributed by atoms with Crippen molar-refractivity contribution in [2.75, 3.05) is 6.54 Å². The number of hydrogen-bond donors (Lipinski definition) is 1. The molecule has 0 radical (unpaired) electrons. The van der Waals surface area contributed by atoms with Crippen molar-refractivity contribution in [1.29, 1.82) is 0 Å². The van der Waals surface area contributed by atoms with Crippen LogP contribution in [0.15, 0.2) is 71.7 Å². The summed E-state index contributed by atoms with van der Waals surface area (Å²) in [4.78, 5) is 30.0. The van der Waals surface area contributed by atoms with E-state index >= 15 is 0 Å². The van der Waals surface area contributed by atoms with Crippen LogP contribution in [-0.2, 0) is 27.1 Å². The first-order valence-corrected chi connectivity index (χ1v) is 10.6. The van der Waals surface area contributed by atoms with Crippen LogP contribution < -0.4 is 15.5 Å². The summed E-state index contributed by atoms with van der Waals surface area (Å²) in [5, 5.41) is 2.91. The largest absolute Gasteiger partial charge is 0.483 e. The smallest absolute Gasteiger partial charge is 0.271 e. The summed E-state index contributed by atoms with van der Waals surface area (Å²) in [7, 11) is 3.72. The van der Waals surface area contributed by atoms with Gasteiger partial charge in [-0.05, 0) is 24.1 Å². The van der Waals surface area contributed by atoms with E-state index in [0.717, 1.165) is 35.3 Å². The van der Waals surface area contributed by atoms with E-state index in [2.05, 4.69) is 14.9 Å². The number of amides is 1. The molecule has 4 rings (SSSR count). The fourth-order valence-corrected chi connectivity index (χ4v) is 3.69. The molecule has 0 saturated heterocycles. The van der Waals surface area contributed by atoms with Gasteiger partial charge in [-0.25, -0.2) is 4.98 Å². The molecule has 0 saturated carbocycles. The number of aromatic nitrogens is 3. The number of ether oxygens (including phenoxy) is 1. The van der Waals surface area contributed by atoms with E-state index in [9.17, 15) is 9.59 Å². The van der Waals surface area contributed by atoms with Gasteiger partial charge < -0.3 is 19.2 Å². The SMILES string of the molecule is Cn1ccc(=O)c(OCc2ccccc2)c1C(=O)NCCCc1nc2ccccc2n1C. The zero-order valence-electron chi connectivity index (χ0n) is 18.2. The average Bonchev–Trinajstić information content (AvgIpc) is 3.13. The van der Waals surface area contributed by atoms with Crippen LogP contribution >= 0.6 is 0 Å². The number of carbonyl (C=O) groups is 1. The van der Waals surface area contributed by atoms with Gasteiger partial charge in [-0.15, -0.1) is 0 Å². The molecule has 7 heteroatoms. The molecule has 0 aliphatic rings. The second kappa shape index (κ2) is 9.51. The molecule has 2 heterocycles. The predicted molar refractivity (Wildman–Crippen MR) is 124 cm³/mol. The zero-order valence-corrected chi connectivity index (χ0v) is 18.2. The third-order valence-electron chi connectivity index (χ3n) is 5.42. The minimum absolute atomic E-state index is 0.0618. The molecule has 0 fully saturated rings. The highest BCUT2D eigenvalue weighted by Gasteiger charge is 2.19. The van der Waals surface area contributed by atoms with Crippen LogP contribution in [-0.4, -0.2) is 26.6 Å². The maximum atomic E-state index is 12.9. The highest BCUT2D eigenvalue weighted by atomic mass is 16.5. The number of aryl methyl sites for hydroxylation is 3. The number of benzene rings is 2. The Morgan fingerprint density at radius 1 is 1.03 bits per heavy atom. The molecular weight excluding hydrogens is 404 g/mol. The van der Waals surface area contributed by atoms with Gasteiger partial charge >= 0.3 is 0 Å². The van der Waals surface area contributed by atoms with E-state index < -0.39 is 0 Å². The van der Waals surface area contributed by atoms with Gasteiger partial charge in [0.1, 0.15) is 12.4 Å². The number of carbonyl (C=O) groups excluding carboxylic acids is 1. The predicted octanol–water partition coefficient (Wildman–Crippen LogP) is 3.21. The first-order chi connectivity index (χ1) is 15.5. The fraction of sp³-hybridized carbons (Fsp3) is 0.240. The highest BCUT2D eigenvalue weighted by molar-refractivity contribution is 5.95. The first-order valence-electron chi connectivity index (χ1n) is 10.6. The van der Waals surface area contributed by atoms with Crippen molar-refractivity contribution in [3.63, 3.8) is 0 Å². The topological polar surface area (TPSA) is 78.2 Å². The lowest BCUT2D eigenvalue weighted by atomic mass is 10.2. The Morgan fingerprint density at radius 2 is 1.78 bits per heavy atom. The normalized spacial score (nSPS) is 10.9. The number of rotatable bonds is 8. The number of imidazole rings is 1. The van der Waals surface area contributed by atoms with Gasteiger partial charge in [0.25, 0.3) is 5.91 Å². The van der Waals surface area contributed by atoms with E-state index in [4.69, 9.17) is 4.74 Å². The lowest BCUT2D eigenvalue weighted by Gasteiger charge is -2.14. The molecule has 0 aliphatic heterocycles. The molecule has 2 aromatic carbocycles. The van der Waals surface area contributed by atoms with E-state index in [1.807, 2.05) is 61.6 Å². The molecular formula is C25H26N4O3. The molecule has 2 aromatic heterocycles. The van der Waals surface area contributed by atoms with E-state index in [1.54, 1.807) is 17.8 Å². The summed E-state index contributed by atoms with van der Waals surface area (Å²) in [6.07, 6.45) is 3.03. The first kappa shape index (κ1) is 21.4. The summed E-state index contributed by atoms with van der Waals surface area (Å²) >= 11 is 0. The number of nitrogens with one attached hydrogen (secondary N) is 1. The lowest BCUT2D eigenvalue weighted by molar-refractivity contribution is 0.0938. The zero-order chi connectivity index (χ0) is 22.5. The maximum absolute atomic E-state index is 12.9. The number of nitrogens with zero attached hydrogens (tertiary/aromatic N) is 3. The molecule has 32 heavy (non-hydrogen) atoms. The van der Waals surface area contributed by atoms with Crippen molar-refractivity contribution in [3.8, 4) is 5.75 Å². The van der Waals surface area contributed by atoms with Crippen LogP contribution in [0.1, 0.15) is 28.3 Å². The molecule has 0 spiro atoms. The number of pyridine rings is 1. The van der Waals surface area contributed by atoms with Crippen molar-refractivity contribution in [2.24, 2.45) is 14.1 Å². The van der Waals surface area contributed by atoms with Gasteiger partial charge in [-0.2, -0.15) is 0 Å². The van der Waals surface area contributed by atoms with Crippen molar-refractivity contribution in [1.82, 2.24) is 19.4 Å². The molecule has 7 nitrogen and oxygen atoms in total. The monoisotopic (exact) mass is 430 g/mol. The Kier molecular flexibility index (Phi) is 6.35. The van der Waals surface area contributed by atoms with Crippen LogP contribution in [0.2, 0.25) is 0 Å². The van der Waals surface area contributed by atoms with Crippen molar-refractivity contribution < 1.29 is 9.53 Å². The molecule has 164 valence electrons. The molecule has 4 aromatic rings. The Labute approximate surface area is 186 Å². The van der Waals surface area contributed by atoms with Crippen LogP contribution in [0.25, 0.3) is 11.0 Å². The van der Waals surface area contributed by atoms with Gasteiger partial charge in [0.15, 0.2) is 11.4 Å². The summed E-state index contributed by atoms with van der Waals surface area (Å²) < 4.78 is 9.46. The fourth-order valence-electron chi connectivity index (χ4n) is 3.69. The Balaban J connectivity index is 1.40. The van der Waals surface area contributed by atoms with Crippen LogP contribution in [0.5, 0.6) is 5.75 Å². The summed E-state index contributed by atoms with van der Waals surface area (Å²) in [6.45, 7) is 0.677. The summed E-state index contributed by atoms with van der Waals surface area (Å²) in [6, 6.07) is 19.0.